The number of nitrogens with two attached hydrogens (primary N) is 1. The summed E-state index contributed by atoms with van der Waals surface area (Å²) in [5.74, 6) is 0.0205. The Morgan fingerprint density at radius 2 is 2.05 bits per heavy atom. The number of hydrogen-bond donors (Lipinski definition) is 1. The van der Waals surface area contributed by atoms with Crippen LogP contribution in [0.1, 0.15) is 35.6 Å². The maximum absolute atomic E-state index is 12.6. The number of hydrogen-bond acceptors (Lipinski definition) is 3. The van der Waals surface area contributed by atoms with Gasteiger partial charge in [-0.25, -0.2) is 0 Å². The Hall–Kier alpha value is -1.14. The number of ketones is 1. The number of aryl methyl sites for hydroxylation is 2. The van der Waals surface area contributed by atoms with Crippen molar-refractivity contribution in [3.8, 4) is 0 Å². The van der Waals surface area contributed by atoms with Crippen molar-refractivity contribution in [1.29, 1.82) is 0 Å². The van der Waals surface area contributed by atoms with Crippen LogP contribution >= 0.6 is 31.9 Å². The first kappa shape index (κ1) is 16.2. The van der Waals surface area contributed by atoms with E-state index in [1.807, 2.05) is 18.5 Å². The summed E-state index contributed by atoms with van der Waals surface area (Å²) in [5, 5.41) is 4.51. The molecule has 6 heteroatoms. The zero-order chi connectivity index (χ0) is 15.6. The quantitative estimate of drug-likeness (QED) is 0.594. The lowest BCUT2D eigenvalue weighted by Gasteiger charge is -2.07. The molecule has 2 aromatic rings. The van der Waals surface area contributed by atoms with Crippen LogP contribution < -0.4 is 5.73 Å². The van der Waals surface area contributed by atoms with Gasteiger partial charge in [-0.15, -0.1) is 0 Å². The highest BCUT2D eigenvalue weighted by molar-refractivity contribution is 9.10. The van der Waals surface area contributed by atoms with Gasteiger partial charge in [0.1, 0.15) is 0 Å². The lowest BCUT2D eigenvalue weighted by molar-refractivity contribution is 0.0989. The molecule has 0 saturated heterocycles. The molecule has 1 aromatic carbocycles. The molecule has 0 saturated carbocycles. The number of rotatable bonds is 5. The Morgan fingerprint density at radius 1 is 1.33 bits per heavy atom. The first-order valence-electron chi connectivity index (χ1n) is 6.80. The Morgan fingerprint density at radius 3 is 2.67 bits per heavy atom. The third-order valence-corrected chi connectivity index (χ3v) is 4.92. The summed E-state index contributed by atoms with van der Waals surface area (Å²) in [6.45, 7) is 4.80. The van der Waals surface area contributed by atoms with Crippen molar-refractivity contribution in [1.82, 2.24) is 9.78 Å². The fourth-order valence-electron chi connectivity index (χ4n) is 2.19. The van der Waals surface area contributed by atoms with Gasteiger partial charge < -0.3 is 5.73 Å². The van der Waals surface area contributed by atoms with Gasteiger partial charge in [0.15, 0.2) is 5.78 Å². The molecule has 0 unspecified atom stereocenters. The number of carbonyl (C=O) groups is 1. The molecule has 0 radical (unpaired) electrons. The lowest BCUT2D eigenvalue weighted by atomic mass is 10.1. The molecule has 0 atom stereocenters. The fraction of sp³-hybridized carbons (Fsp3) is 0.333. The third-order valence-electron chi connectivity index (χ3n) is 3.31. The maximum atomic E-state index is 12.6. The SMILES string of the molecule is CCc1nn(CC)c(CC(=O)c2cc(N)ccc2Br)c1Br. The van der Waals surface area contributed by atoms with E-state index in [-0.39, 0.29) is 5.78 Å². The van der Waals surface area contributed by atoms with Crippen LogP contribution in [0.2, 0.25) is 0 Å². The molecule has 2 rings (SSSR count). The van der Waals surface area contributed by atoms with E-state index in [4.69, 9.17) is 5.73 Å². The number of aromatic nitrogens is 2. The number of benzene rings is 1. The molecule has 0 aliphatic carbocycles. The van der Waals surface area contributed by atoms with Gasteiger partial charge in [-0.05, 0) is 47.5 Å². The minimum atomic E-state index is 0.0205. The van der Waals surface area contributed by atoms with Crippen molar-refractivity contribution in [3.05, 3.63) is 44.1 Å². The van der Waals surface area contributed by atoms with Crippen molar-refractivity contribution in [2.75, 3.05) is 5.73 Å². The minimum absolute atomic E-state index is 0.0205. The molecule has 2 N–H and O–H groups in total. The average molecular weight is 415 g/mol. The largest absolute Gasteiger partial charge is 0.399 e. The van der Waals surface area contributed by atoms with Crippen LogP contribution in [0.4, 0.5) is 5.69 Å². The monoisotopic (exact) mass is 413 g/mol. The van der Waals surface area contributed by atoms with Gasteiger partial charge >= 0.3 is 0 Å². The van der Waals surface area contributed by atoms with Crippen LogP contribution in [0, 0.1) is 0 Å². The van der Waals surface area contributed by atoms with E-state index >= 15 is 0 Å². The maximum Gasteiger partial charge on any atom is 0.170 e. The van der Waals surface area contributed by atoms with Crippen LogP contribution in [0.25, 0.3) is 0 Å². The first-order chi connectivity index (χ1) is 9.97. The zero-order valence-electron chi connectivity index (χ0n) is 12.0. The molecule has 0 fully saturated rings. The number of nitrogen functional groups attached to an aromatic ring is 1. The summed E-state index contributed by atoms with van der Waals surface area (Å²) >= 11 is 6.97. The summed E-state index contributed by atoms with van der Waals surface area (Å²) < 4.78 is 3.57. The van der Waals surface area contributed by atoms with E-state index in [0.29, 0.717) is 17.7 Å². The molecular formula is C15H17Br2N3O. The topological polar surface area (TPSA) is 60.9 Å². The minimum Gasteiger partial charge on any atom is -0.399 e. The van der Waals surface area contributed by atoms with Gasteiger partial charge in [0.2, 0.25) is 0 Å². The molecule has 0 bridgehead atoms. The second-order valence-corrected chi connectivity index (χ2v) is 6.36. The van der Waals surface area contributed by atoms with Crippen molar-refractivity contribution >= 4 is 43.3 Å². The Labute approximate surface area is 141 Å². The highest BCUT2D eigenvalue weighted by atomic mass is 79.9. The van der Waals surface area contributed by atoms with Crippen molar-refractivity contribution in [3.63, 3.8) is 0 Å². The Bertz CT molecular complexity index is 680. The second-order valence-electron chi connectivity index (χ2n) is 4.72. The Kier molecular flexibility index (Phi) is 5.22. The van der Waals surface area contributed by atoms with Gasteiger partial charge in [0.25, 0.3) is 0 Å². The summed E-state index contributed by atoms with van der Waals surface area (Å²) in [4.78, 5) is 12.6. The fourth-order valence-corrected chi connectivity index (χ4v) is 3.36. The van der Waals surface area contributed by atoms with Crippen LogP contribution in [0.5, 0.6) is 0 Å². The van der Waals surface area contributed by atoms with Crippen molar-refractivity contribution < 1.29 is 4.79 Å². The molecule has 1 heterocycles. The molecule has 0 spiro atoms. The summed E-state index contributed by atoms with van der Waals surface area (Å²) in [6.07, 6.45) is 1.13. The zero-order valence-corrected chi connectivity index (χ0v) is 15.2. The van der Waals surface area contributed by atoms with Crippen molar-refractivity contribution in [2.24, 2.45) is 0 Å². The van der Waals surface area contributed by atoms with Gasteiger partial charge in [-0.3, -0.25) is 9.48 Å². The van der Waals surface area contributed by atoms with Crippen LogP contribution in [0.15, 0.2) is 27.1 Å². The number of nitrogens with zero attached hydrogens (tertiary/aromatic N) is 2. The van der Waals surface area contributed by atoms with E-state index in [1.54, 1.807) is 18.2 Å². The number of anilines is 1. The molecule has 4 nitrogen and oxygen atoms in total. The van der Waals surface area contributed by atoms with Crippen LogP contribution in [-0.4, -0.2) is 15.6 Å². The van der Waals surface area contributed by atoms with E-state index in [1.165, 1.54) is 0 Å². The molecule has 112 valence electrons. The van der Waals surface area contributed by atoms with E-state index in [0.717, 1.165) is 33.3 Å². The summed E-state index contributed by atoms with van der Waals surface area (Å²) in [6, 6.07) is 5.27. The second kappa shape index (κ2) is 6.75. The molecule has 0 aliphatic rings. The number of carbonyl (C=O) groups excluding carboxylic acids is 1. The van der Waals surface area contributed by atoms with Crippen LogP contribution in [0.3, 0.4) is 0 Å². The smallest absolute Gasteiger partial charge is 0.170 e. The Balaban J connectivity index is 2.35. The van der Waals surface area contributed by atoms with Gasteiger partial charge in [-0.2, -0.15) is 5.10 Å². The standard InChI is InChI=1S/C15H17Br2N3O/c1-3-12-15(17)13(20(4-2)19-12)8-14(21)10-7-9(18)5-6-11(10)16/h5-7H,3-4,8,18H2,1-2H3. The molecule has 1 aromatic heterocycles. The number of Topliss-reactive ketones (excluding diaryl/α,β-unsaturated/α-hetero) is 1. The van der Waals surface area contributed by atoms with Gasteiger partial charge in [-0.1, -0.05) is 22.9 Å². The molecule has 21 heavy (non-hydrogen) atoms. The third kappa shape index (κ3) is 3.37. The van der Waals surface area contributed by atoms with E-state index in [9.17, 15) is 4.79 Å². The van der Waals surface area contributed by atoms with E-state index < -0.39 is 0 Å². The summed E-state index contributed by atoms with van der Waals surface area (Å²) in [5.41, 5.74) is 8.84. The highest BCUT2D eigenvalue weighted by Crippen LogP contribution is 2.26. The van der Waals surface area contributed by atoms with E-state index in [2.05, 4.69) is 37.0 Å². The van der Waals surface area contributed by atoms with Gasteiger partial charge in [0.05, 0.1) is 22.3 Å². The average Bonchev–Trinajstić information content (AvgIpc) is 2.77. The molecule has 0 amide bonds. The predicted octanol–water partition coefficient (Wildman–Crippen LogP) is 4.00. The van der Waals surface area contributed by atoms with Gasteiger partial charge in [0, 0.05) is 22.3 Å². The first-order valence-corrected chi connectivity index (χ1v) is 8.38. The van der Waals surface area contributed by atoms with Crippen molar-refractivity contribution in [2.45, 2.75) is 33.2 Å². The van der Waals surface area contributed by atoms with Crippen LogP contribution in [-0.2, 0) is 19.4 Å². The lowest BCUT2D eigenvalue weighted by Crippen LogP contribution is -2.11. The predicted molar refractivity (Wildman–Crippen MR) is 91.6 cm³/mol. The summed E-state index contributed by atoms with van der Waals surface area (Å²) in [7, 11) is 0. The normalized spacial score (nSPS) is 10.9. The highest BCUT2D eigenvalue weighted by Gasteiger charge is 2.19. The molecule has 0 aliphatic heterocycles. The molecular weight excluding hydrogens is 398 g/mol. The number of halogens is 2.